The summed E-state index contributed by atoms with van der Waals surface area (Å²) in [6, 6.07) is 16.7. The summed E-state index contributed by atoms with van der Waals surface area (Å²) >= 11 is 5.00. The number of carbonyl (C=O) groups excluding carboxylic acids is 1. The second-order valence-corrected chi connectivity index (χ2v) is 11.3. The largest absolute Gasteiger partial charge is 0.497 e. The van der Waals surface area contributed by atoms with Crippen molar-refractivity contribution < 1.29 is 19.0 Å². The number of ether oxygens (including phenoxy) is 3. The summed E-state index contributed by atoms with van der Waals surface area (Å²) < 4.78 is 19.8. The first kappa shape index (κ1) is 27.9. The van der Waals surface area contributed by atoms with Gasteiger partial charge in [-0.3, -0.25) is 9.36 Å². The number of hydrogen-bond donors (Lipinski definition) is 0. The van der Waals surface area contributed by atoms with Gasteiger partial charge in [0.25, 0.3) is 5.56 Å². The molecule has 1 aliphatic heterocycles. The fourth-order valence-corrected chi connectivity index (χ4v) is 6.47. The number of esters is 1. The van der Waals surface area contributed by atoms with Crippen molar-refractivity contribution in [1.29, 1.82) is 0 Å². The summed E-state index contributed by atoms with van der Waals surface area (Å²) in [6.45, 7) is 4.24. The van der Waals surface area contributed by atoms with Crippen LogP contribution >= 0.6 is 27.3 Å². The van der Waals surface area contributed by atoms with E-state index in [1.54, 1.807) is 25.5 Å². The average molecular weight is 622 g/mol. The lowest BCUT2D eigenvalue weighted by molar-refractivity contribution is -0.139. The van der Waals surface area contributed by atoms with Crippen LogP contribution in [0.5, 0.6) is 5.75 Å². The number of methoxy groups -OCH3 is 1. The Labute approximate surface area is 244 Å². The molecule has 1 aliphatic carbocycles. The van der Waals surface area contributed by atoms with Gasteiger partial charge in [0.1, 0.15) is 18.1 Å². The highest BCUT2D eigenvalue weighted by atomic mass is 79.9. The van der Waals surface area contributed by atoms with E-state index in [9.17, 15) is 9.59 Å². The summed E-state index contributed by atoms with van der Waals surface area (Å²) in [5.74, 6) is 0.976. The van der Waals surface area contributed by atoms with E-state index in [-0.39, 0.29) is 18.1 Å². The van der Waals surface area contributed by atoms with Crippen molar-refractivity contribution >= 4 is 39.3 Å². The maximum atomic E-state index is 13.8. The number of fused-ring (bicyclic) bond motifs is 1. The zero-order valence-corrected chi connectivity index (χ0v) is 24.8. The predicted molar refractivity (Wildman–Crippen MR) is 159 cm³/mol. The topological polar surface area (TPSA) is 79.1 Å². The van der Waals surface area contributed by atoms with E-state index in [1.807, 2.05) is 72.8 Å². The first-order chi connectivity index (χ1) is 19.4. The van der Waals surface area contributed by atoms with Gasteiger partial charge in [-0.1, -0.05) is 81.9 Å². The number of hydrogen-bond acceptors (Lipinski definition) is 7. The molecule has 2 aromatic carbocycles. The molecule has 0 radical (unpaired) electrons. The number of benzene rings is 2. The Morgan fingerprint density at radius 3 is 2.60 bits per heavy atom. The summed E-state index contributed by atoms with van der Waals surface area (Å²) in [5, 5.41) is 0. The molecular weight excluding hydrogens is 592 g/mol. The number of carbonyl (C=O) groups is 1. The molecule has 2 heterocycles. The lowest BCUT2D eigenvalue weighted by Crippen LogP contribution is -2.40. The Balaban J connectivity index is 1.47. The highest BCUT2D eigenvalue weighted by Crippen LogP contribution is 2.32. The quantitative estimate of drug-likeness (QED) is 0.325. The first-order valence-corrected chi connectivity index (χ1v) is 14.6. The van der Waals surface area contributed by atoms with Crippen LogP contribution in [-0.4, -0.2) is 24.3 Å². The highest BCUT2D eigenvalue weighted by molar-refractivity contribution is 9.11. The molecule has 0 spiro atoms. The zero-order chi connectivity index (χ0) is 28.2. The van der Waals surface area contributed by atoms with Gasteiger partial charge in [0, 0.05) is 10.4 Å². The van der Waals surface area contributed by atoms with Gasteiger partial charge < -0.3 is 14.2 Å². The van der Waals surface area contributed by atoms with Crippen molar-refractivity contribution in [1.82, 2.24) is 4.57 Å². The van der Waals surface area contributed by atoms with Crippen molar-refractivity contribution in [3.05, 3.63) is 119 Å². The van der Waals surface area contributed by atoms with Crippen molar-refractivity contribution in [3.8, 4) is 5.75 Å². The van der Waals surface area contributed by atoms with Crippen LogP contribution in [0.1, 0.15) is 37.4 Å². The number of thiazole rings is 1. The molecule has 0 amide bonds. The van der Waals surface area contributed by atoms with Crippen LogP contribution in [0, 0.1) is 5.92 Å². The molecule has 5 rings (SSSR count). The van der Waals surface area contributed by atoms with Crippen LogP contribution in [0.4, 0.5) is 0 Å². The molecule has 2 aliphatic rings. The lowest BCUT2D eigenvalue weighted by atomic mass is 9.96. The van der Waals surface area contributed by atoms with Crippen molar-refractivity contribution in [2.75, 3.05) is 13.7 Å². The predicted octanol–water partition coefficient (Wildman–Crippen LogP) is 5.16. The molecule has 3 aromatic rings. The summed E-state index contributed by atoms with van der Waals surface area (Å²) in [7, 11) is 1.60. The molecule has 1 aromatic heterocycles. The molecule has 0 bridgehead atoms. The maximum absolute atomic E-state index is 13.8. The van der Waals surface area contributed by atoms with E-state index in [0.717, 1.165) is 21.4 Å². The molecular formula is C31H29BrN2O5S. The highest BCUT2D eigenvalue weighted by Gasteiger charge is 2.33. The van der Waals surface area contributed by atoms with Crippen LogP contribution < -0.4 is 19.6 Å². The van der Waals surface area contributed by atoms with Gasteiger partial charge >= 0.3 is 5.97 Å². The van der Waals surface area contributed by atoms with Crippen LogP contribution in [0.25, 0.3) is 6.08 Å². The van der Waals surface area contributed by atoms with Gasteiger partial charge in [0.05, 0.1) is 35.6 Å². The minimum Gasteiger partial charge on any atom is -0.497 e. The van der Waals surface area contributed by atoms with Gasteiger partial charge in [-0.2, -0.15) is 0 Å². The third kappa shape index (κ3) is 5.76. The van der Waals surface area contributed by atoms with Crippen molar-refractivity contribution in [2.24, 2.45) is 10.9 Å². The average Bonchev–Trinajstić information content (AvgIpc) is 3.26. The monoisotopic (exact) mass is 620 g/mol. The van der Waals surface area contributed by atoms with Gasteiger partial charge in [0.2, 0.25) is 0 Å². The number of rotatable bonds is 8. The number of nitrogens with zero attached hydrogens (tertiary/aromatic N) is 2. The second-order valence-electron chi connectivity index (χ2n) is 9.37. The van der Waals surface area contributed by atoms with Crippen LogP contribution in [0.2, 0.25) is 0 Å². The van der Waals surface area contributed by atoms with Crippen LogP contribution in [-0.2, 0) is 20.9 Å². The Morgan fingerprint density at radius 2 is 1.93 bits per heavy atom. The van der Waals surface area contributed by atoms with Crippen LogP contribution in [0.3, 0.4) is 0 Å². The molecule has 2 atom stereocenters. The molecule has 0 saturated heterocycles. The molecule has 9 heteroatoms. The van der Waals surface area contributed by atoms with E-state index in [2.05, 4.69) is 20.9 Å². The lowest BCUT2D eigenvalue weighted by Gasteiger charge is -2.24. The van der Waals surface area contributed by atoms with Gasteiger partial charge in [0.15, 0.2) is 4.80 Å². The fraction of sp³-hybridized carbons (Fsp3) is 0.258. The minimum absolute atomic E-state index is 0.00938. The molecule has 0 fully saturated rings. The third-order valence-corrected chi connectivity index (χ3v) is 8.44. The third-order valence-electron chi connectivity index (χ3n) is 6.73. The standard InChI is InChI=1S/C31H29BrN2O5S/c1-4-38-30(36)27-19(2)33-31-34(28(27)22-11-13-23(37-3)14-12-22)29(35)26(40-31)17-21-10-15-25(24(32)16-21)39-18-20-8-6-5-7-9-20/h5-15,17,21,28H,4,16,18H2,1-3H3/b26-17-/t21-,28-/m0/s1. The van der Waals surface area contributed by atoms with E-state index in [1.165, 1.54) is 11.3 Å². The normalized spacial score (nSPS) is 18.9. The van der Waals surface area contributed by atoms with E-state index in [0.29, 0.717) is 39.4 Å². The summed E-state index contributed by atoms with van der Waals surface area (Å²) in [6.07, 6.45) is 6.61. The van der Waals surface area contributed by atoms with E-state index >= 15 is 0 Å². The maximum Gasteiger partial charge on any atom is 0.338 e. The number of aromatic nitrogens is 1. The zero-order valence-electron chi connectivity index (χ0n) is 22.4. The summed E-state index contributed by atoms with van der Waals surface area (Å²) in [5.41, 5.74) is 2.56. The van der Waals surface area contributed by atoms with Gasteiger partial charge in [-0.05, 0) is 49.6 Å². The Kier molecular flexibility index (Phi) is 8.52. The van der Waals surface area contributed by atoms with Crippen molar-refractivity contribution in [3.63, 3.8) is 0 Å². The van der Waals surface area contributed by atoms with Crippen LogP contribution in [0.15, 0.2) is 98.0 Å². The van der Waals surface area contributed by atoms with E-state index < -0.39 is 12.0 Å². The Morgan fingerprint density at radius 1 is 1.18 bits per heavy atom. The molecule has 0 unspecified atom stereocenters. The fourth-order valence-electron chi connectivity index (χ4n) is 4.75. The number of halogens is 1. The smallest absolute Gasteiger partial charge is 0.338 e. The van der Waals surface area contributed by atoms with Gasteiger partial charge in [-0.15, -0.1) is 0 Å². The molecule has 40 heavy (non-hydrogen) atoms. The Hall–Kier alpha value is -3.69. The Bertz CT molecular complexity index is 1680. The second kappa shape index (κ2) is 12.2. The summed E-state index contributed by atoms with van der Waals surface area (Å²) in [4.78, 5) is 32.1. The first-order valence-electron chi connectivity index (χ1n) is 13.0. The van der Waals surface area contributed by atoms with E-state index in [4.69, 9.17) is 14.2 Å². The van der Waals surface area contributed by atoms with Crippen molar-refractivity contribution in [2.45, 2.75) is 32.9 Å². The SMILES string of the molecule is CCOC(=O)C1=C(C)N=c2s/c(=C\[C@H]3C=CC(OCc4ccccc4)=C(Br)C3)c(=O)n2[C@H]1c1ccc(OC)cc1. The molecule has 0 saturated carbocycles. The minimum atomic E-state index is -0.658. The number of allylic oxidation sites excluding steroid dienone is 4. The van der Waals surface area contributed by atoms with Gasteiger partial charge in [-0.25, -0.2) is 9.79 Å². The molecule has 7 nitrogen and oxygen atoms in total. The molecule has 206 valence electrons. The molecule has 0 N–H and O–H groups in total.